The fourth-order valence-corrected chi connectivity index (χ4v) is 4.72. The Morgan fingerprint density at radius 1 is 1.10 bits per heavy atom. The van der Waals surface area contributed by atoms with E-state index in [1.807, 2.05) is 24.3 Å². The minimum atomic E-state index is -3.81. The third-order valence-corrected chi connectivity index (χ3v) is 6.82. The van der Waals surface area contributed by atoms with Gasteiger partial charge in [-0.15, -0.1) is 0 Å². The molecule has 0 radical (unpaired) electrons. The van der Waals surface area contributed by atoms with Crippen molar-refractivity contribution >= 4 is 21.7 Å². The molecule has 0 spiro atoms. The van der Waals surface area contributed by atoms with E-state index in [2.05, 4.69) is 10.0 Å². The lowest BCUT2D eigenvalue weighted by molar-refractivity contribution is 0.0697. The van der Waals surface area contributed by atoms with E-state index in [-0.39, 0.29) is 23.0 Å². The van der Waals surface area contributed by atoms with Gasteiger partial charge in [0.2, 0.25) is 10.0 Å². The number of benzene rings is 2. The van der Waals surface area contributed by atoms with Crippen LogP contribution in [-0.4, -0.2) is 39.2 Å². The van der Waals surface area contributed by atoms with Crippen LogP contribution in [0, 0.1) is 0 Å². The molecule has 1 aliphatic carbocycles. The Morgan fingerprint density at radius 2 is 1.80 bits per heavy atom. The number of carbonyl (C=O) groups is 1. The number of hydrogen-bond acceptors (Lipinski definition) is 5. The number of anilines is 1. The first kappa shape index (κ1) is 22.1. The molecule has 3 N–H and O–H groups in total. The fourth-order valence-electron chi connectivity index (χ4n) is 3.67. The van der Waals surface area contributed by atoms with Gasteiger partial charge >= 0.3 is 5.97 Å². The van der Waals surface area contributed by atoms with Gasteiger partial charge in [0.15, 0.2) is 0 Å². The highest BCUT2D eigenvalue weighted by atomic mass is 32.2. The number of rotatable bonds is 9. The van der Waals surface area contributed by atoms with Gasteiger partial charge in [0, 0.05) is 18.3 Å². The molecule has 0 heterocycles. The van der Waals surface area contributed by atoms with Crippen molar-refractivity contribution in [1.29, 1.82) is 0 Å². The van der Waals surface area contributed by atoms with Crippen molar-refractivity contribution in [3.8, 4) is 5.75 Å². The molecule has 8 heteroatoms. The van der Waals surface area contributed by atoms with Crippen LogP contribution in [-0.2, 0) is 16.4 Å². The van der Waals surface area contributed by atoms with Crippen LogP contribution in [0.3, 0.4) is 0 Å². The number of hydrogen-bond donors (Lipinski definition) is 3. The van der Waals surface area contributed by atoms with Crippen molar-refractivity contribution in [2.45, 2.75) is 49.5 Å². The zero-order valence-electron chi connectivity index (χ0n) is 17.1. The molecule has 0 aromatic heterocycles. The van der Waals surface area contributed by atoms with Gasteiger partial charge in [-0.2, -0.15) is 0 Å². The van der Waals surface area contributed by atoms with Crippen molar-refractivity contribution in [2.24, 2.45) is 0 Å². The van der Waals surface area contributed by atoms with Crippen LogP contribution in [0.4, 0.5) is 5.69 Å². The molecule has 2 aromatic carbocycles. The largest absolute Gasteiger partial charge is 0.497 e. The monoisotopic (exact) mass is 432 g/mol. The Balaban J connectivity index is 1.67. The summed E-state index contributed by atoms with van der Waals surface area (Å²) in [6.45, 7) is 0.207. The summed E-state index contributed by atoms with van der Waals surface area (Å²) < 4.78 is 33.0. The van der Waals surface area contributed by atoms with E-state index in [0.717, 1.165) is 37.0 Å². The molecule has 0 unspecified atom stereocenters. The van der Waals surface area contributed by atoms with Crippen molar-refractivity contribution < 1.29 is 23.1 Å². The van der Waals surface area contributed by atoms with Crippen LogP contribution >= 0.6 is 0 Å². The maximum atomic E-state index is 12.7. The van der Waals surface area contributed by atoms with Gasteiger partial charge in [-0.05, 0) is 55.2 Å². The number of sulfonamides is 1. The van der Waals surface area contributed by atoms with Gasteiger partial charge < -0.3 is 15.2 Å². The molecule has 1 saturated carbocycles. The number of methoxy groups -OCH3 is 1. The summed E-state index contributed by atoms with van der Waals surface area (Å²) in [5, 5.41) is 12.9. The lowest BCUT2D eigenvalue weighted by Gasteiger charge is -2.24. The molecule has 30 heavy (non-hydrogen) atoms. The number of ether oxygens (including phenoxy) is 1. The van der Waals surface area contributed by atoms with E-state index in [4.69, 9.17) is 4.74 Å². The summed E-state index contributed by atoms with van der Waals surface area (Å²) in [5.41, 5.74) is 1.40. The van der Waals surface area contributed by atoms with E-state index < -0.39 is 16.0 Å². The van der Waals surface area contributed by atoms with E-state index in [9.17, 15) is 18.3 Å². The standard InChI is InChI=1S/C22H28N2O5S/c1-29-18-9-7-16(8-10-18)13-14-23-30(27,28)19-11-12-21(20(15-19)22(25)26)24-17-5-3-2-4-6-17/h7-12,15,17,23-24H,2-6,13-14H2,1H3,(H,25,26). The average molecular weight is 433 g/mol. The minimum absolute atomic E-state index is 0.0291. The van der Waals surface area contributed by atoms with Crippen LogP contribution in [0.2, 0.25) is 0 Å². The normalized spacial score (nSPS) is 15.0. The molecule has 7 nitrogen and oxygen atoms in total. The maximum Gasteiger partial charge on any atom is 0.337 e. The molecular formula is C22H28N2O5S. The van der Waals surface area contributed by atoms with Gasteiger partial charge in [-0.25, -0.2) is 17.9 Å². The lowest BCUT2D eigenvalue weighted by Crippen LogP contribution is -2.27. The molecule has 162 valence electrons. The Hall–Kier alpha value is -2.58. The Kier molecular flexibility index (Phi) is 7.33. The first-order chi connectivity index (χ1) is 14.4. The molecule has 1 aliphatic rings. The molecule has 3 rings (SSSR count). The first-order valence-corrected chi connectivity index (χ1v) is 11.6. The molecular weight excluding hydrogens is 404 g/mol. The number of carboxylic acid groups (broad SMARTS) is 1. The highest BCUT2D eigenvalue weighted by Crippen LogP contribution is 2.26. The van der Waals surface area contributed by atoms with Gasteiger partial charge in [0.1, 0.15) is 5.75 Å². The average Bonchev–Trinajstić information content (AvgIpc) is 2.75. The minimum Gasteiger partial charge on any atom is -0.497 e. The SMILES string of the molecule is COc1ccc(CCNS(=O)(=O)c2ccc(NC3CCCCC3)c(C(=O)O)c2)cc1. The predicted molar refractivity (Wildman–Crippen MR) is 116 cm³/mol. The summed E-state index contributed by atoms with van der Waals surface area (Å²) in [5.74, 6) is -0.411. The lowest BCUT2D eigenvalue weighted by atomic mass is 9.95. The molecule has 0 atom stereocenters. The van der Waals surface area contributed by atoms with Crippen LogP contribution in [0.15, 0.2) is 47.4 Å². The van der Waals surface area contributed by atoms with Crippen LogP contribution < -0.4 is 14.8 Å². The zero-order valence-corrected chi connectivity index (χ0v) is 17.9. The topological polar surface area (TPSA) is 105 Å². The summed E-state index contributed by atoms with van der Waals surface area (Å²) in [7, 11) is -2.23. The second-order valence-electron chi connectivity index (χ2n) is 7.49. The van der Waals surface area contributed by atoms with Crippen molar-refractivity contribution in [3.05, 3.63) is 53.6 Å². The number of carboxylic acids is 1. The van der Waals surface area contributed by atoms with Crippen molar-refractivity contribution in [3.63, 3.8) is 0 Å². The number of nitrogens with one attached hydrogen (secondary N) is 2. The summed E-state index contributed by atoms with van der Waals surface area (Å²) in [4.78, 5) is 11.7. The molecule has 2 aromatic rings. The second kappa shape index (κ2) is 9.95. The van der Waals surface area contributed by atoms with Gasteiger partial charge in [0.25, 0.3) is 0 Å². The maximum absolute atomic E-state index is 12.7. The summed E-state index contributed by atoms with van der Waals surface area (Å²) in [6.07, 6.45) is 5.92. The fraction of sp³-hybridized carbons (Fsp3) is 0.409. The third kappa shape index (κ3) is 5.73. The quantitative estimate of drug-likeness (QED) is 0.559. The van der Waals surface area contributed by atoms with Crippen LogP contribution in [0.5, 0.6) is 5.75 Å². The van der Waals surface area contributed by atoms with Gasteiger partial charge in [0.05, 0.1) is 17.6 Å². The summed E-state index contributed by atoms with van der Waals surface area (Å²) in [6, 6.07) is 11.8. The smallest absolute Gasteiger partial charge is 0.337 e. The van der Waals surface area contributed by atoms with E-state index in [1.54, 1.807) is 13.2 Å². The van der Waals surface area contributed by atoms with E-state index >= 15 is 0 Å². The highest BCUT2D eigenvalue weighted by molar-refractivity contribution is 7.89. The van der Waals surface area contributed by atoms with E-state index in [1.165, 1.54) is 18.6 Å². The van der Waals surface area contributed by atoms with Crippen molar-refractivity contribution in [1.82, 2.24) is 4.72 Å². The third-order valence-electron chi connectivity index (χ3n) is 5.36. The number of aromatic carboxylic acids is 1. The molecule has 0 aliphatic heterocycles. The second-order valence-corrected chi connectivity index (χ2v) is 9.25. The Labute approximate surface area is 177 Å². The zero-order chi connectivity index (χ0) is 21.6. The predicted octanol–water partition coefficient (Wildman–Crippen LogP) is 3.66. The summed E-state index contributed by atoms with van der Waals surface area (Å²) >= 11 is 0. The molecule has 0 saturated heterocycles. The first-order valence-electron chi connectivity index (χ1n) is 10.2. The van der Waals surface area contributed by atoms with Crippen LogP contribution in [0.25, 0.3) is 0 Å². The van der Waals surface area contributed by atoms with E-state index in [0.29, 0.717) is 12.1 Å². The molecule has 1 fully saturated rings. The molecule has 0 bridgehead atoms. The highest BCUT2D eigenvalue weighted by Gasteiger charge is 2.21. The van der Waals surface area contributed by atoms with Crippen molar-refractivity contribution in [2.75, 3.05) is 19.0 Å². The Morgan fingerprint density at radius 3 is 2.43 bits per heavy atom. The van der Waals surface area contributed by atoms with Gasteiger partial charge in [-0.3, -0.25) is 0 Å². The Bertz CT molecular complexity index is 968. The van der Waals surface area contributed by atoms with Crippen LogP contribution in [0.1, 0.15) is 48.0 Å². The van der Waals surface area contributed by atoms with Gasteiger partial charge in [-0.1, -0.05) is 31.4 Å². The molecule has 0 amide bonds.